The summed E-state index contributed by atoms with van der Waals surface area (Å²) in [6.07, 6.45) is 2.37. The van der Waals surface area contributed by atoms with Gasteiger partial charge in [-0.15, -0.1) is 0 Å². The summed E-state index contributed by atoms with van der Waals surface area (Å²) < 4.78 is 1.04. The minimum atomic E-state index is -0.387. The maximum absolute atomic E-state index is 10.8. The second kappa shape index (κ2) is 4.71. The van der Waals surface area contributed by atoms with E-state index in [-0.39, 0.29) is 10.6 Å². The molecule has 1 heterocycles. The van der Waals surface area contributed by atoms with Crippen molar-refractivity contribution in [3.05, 3.63) is 31.2 Å². The number of benzene rings is 1. The summed E-state index contributed by atoms with van der Waals surface area (Å²) in [6.45, 7) is 2.05. The second-order valence-electron chi connectivity index (χ2n) is 3.71. The normalized spacial score (nSPS) is 15.5. The van der Waals surface area contributed by atoms with Gasteiger partial charge in [0.05, 0.1) is 13.9 Å². The highest BCUT2D eigenvalue weighted by Crippen LogP contribution is 2.37. The molecule has 0 radical (unpaired) electrons. The van der Waals surface area contributed by atoms with Gasteiger partial charge in [-0.25, -0.2) is 0 Å². The molecule has 16 heavy (non-hydrogen) atoms. The topological polar surface area (TPSA) is 46.4 Å². The van der Waals surface area contributed by atoms with Crippen LogP contribution >= 0.6 is 31.9 Å². The van der Waals surface area contributed by atoms with Gasteiger partial charge in [0, 0.05) is 18.8 Å². The molecule has 0 aliphatic carbocycles. The van der Waals surface area contributed by atoms with Crippen molar-refractivity contribution in [1.82, 2.24) is 0 Å². The zero-order valence-electron chi connectivity index (χ0n) is 8.45. The van der Waals surface area contributed by atoms with E-state index in [0.717, 1.165) is 18.8 Å². The Hall–Kier alpha value is -0.620. The van der Waals surface area contributed by atoms with Crippen LogP contribution < -0.4 is 4.90 Å². The lowest BCUT2D eigenvalue weighted by Gasteiger charge is -2.18. The van der Waals surface area contributed by atoms with Crippen LogP contribution in [0.5, 0.6) is 0 Å². The first-order valence-corrected chi connectivity index (χ1v) is 6.56. The lowest BCUT2D eigenvalue weighted by atomic mass is 10.2. The molecule has 0 bridgehead atoms. The fourth-order valence-corrected chi connectivity index (χ4v) is 3.34. The minimum absolute atomic E-state index is 0.0861. The number of anilines is 1. The van der Waals surface area contributed by atoms with Gasteiger partial charge in [-0.2, -0.15) is 0 Å². The molecule has 1 saturated heterocycles. The molecule has 1 aliphatic heterocycles. The van der Waals surface area contributed by atoms with Crippen molar-refractivity contribution in [2.24, 2.45) is 0 Å². The van der Waals surface area contributed by atoms with E-state index in [1.807, 2.05) is 12.1 Å². The Morgan fingerprint density at radius 2 is 1.69 bits per heavy atom. The fourth-order valence-electron chi connectivity index (χ4n) is 1.88. The van der Waals surface area contributed by atoms with Gasteiger partial charge in [0.25, 0.3) is 5.69 Å². The highest BCUT2D eigenvalue weighted by molar-refractivity contribution is 9.11. The molecule has 6 heteroatoms. The molecule has 1 aromatic carbocycles. The lowest BCUT2D eigenvalue weighted by molar-refractivity contribution is -0.386. The lowest BCUT2D eigenvalue weighted by Crippen LogP contribution is -2.17. The van der Waals surface area contributed by atoms with Crippen LogP contribution in [0.3, 0.4) is 0 Å². The Bertz CT molecular complexity index is 408. The Balaban J connectivity index is 2.40. The maximum atomic E-state index is 10.8. The fraction of sp³-hybridized carbons (Fsp3) is 0.400. The first-order valence-electron chi connectivity index (χ1n) is 4.98. The van der Waals surface area contributed by atoms with Gasteiger partial charge in [0.15, 0.2) is 0 Å². The molecule has 0 aromatic heterocycles. The summed E-state index contributed by atoms with van der Waals surface area (Å²) in [4.78, 5) is 12.7. The van der Waals surface area contributed by atoms with Gasteiger partial charge in [-0.05, 0) is 56.8 Å². The van der Waals surface area contributed by atoms with Crippen molar-refractivity contribution >= 4 is 43.2 Å². The molecule has 4 nitrogen and oxygen atoms in total. The number of hydrogen-bond acceptors (Lipinski definition) is 3. The highest BCUT2D eigenvalue weighted by atomic mass is 79.9. The standard InChI is InChI=1S/C10H10Br2N2O2/c11-8-5-7(13-3-1-2-4-13)6-9(12)10(8)14(15)16/h5-6H,1-4H2. The Labute approximate surface area is 110 Å². The Kier molecular flexibility index (Phi) is 3.49. The molecule has 0 amide bonds. The molecule has 0 saturated carbocycles. The zero-order chi connectivity index (χ0) is 11.7. The molecule has 1 aliphatic rings. The van der Waals surface area contributed by atoms with Gasteiger partial charge >= 0.3 is 0 Å². The number of nitrogens with zero attached hydrogens (tertiary/aromatic N) is 2. The van der Waals surface area contributed by atoms with Crippen molar-refractivity contribution < 1.29 is 4.92 Å². The van der Waals surface area contributed by atoms with E-state index in [1.54, 1.807) is 0 Å². The highest BCUT2D eigenvalue weighted by Gasteiger charge is 2.21. The number of halogens is 2. The predicted molar refractivity (Wildman–Crippen MR) is 69.9 cm³/mol. The Morgan fingerprint density at radius 1 is 1.19 bits per heavy atom. The van der Waals surface area contributed by atoms with E-state index in [4.69, 9.17) is 0 Å². The smallest absolute Gasteiger partial charge is 0.297 e. The molecule has 86 valence electrons. The summed E-state index contributed by atoms with van der Waals surface area (Å²) >= 11 is 6.49. The molecule has 0 N–H and O–H groups in total. The third kappa shape index (κ3) is 2.22. The first kappa shape index (κ1) is 11.9. The predicted octanol–water partition coefficient (Wildman–Crippen LogP) is 3.72. The van der Waals surface area contributed by atoms with E-state index in [0.29, 0.717) is 8.95 Å². The van der Waals surface area contributed by atoms with Gasteiger partial charge in [-0.3, -0.25) is 10.1 Å². The van der Waals surface area contributed by atoms with Gasteiger partial charge in [0.2, 0.25) is 0 Å². The molecule has 1 aromatic rings. The molecule has 0 unspecified atom stereocenters. The SMILES string of the molecule is O=[N+]([O-])c1c(Br)cc(N2CCCC2)cc1Br. The van der Waals surface area contributed by atoms with Gasteiger partial charge < -0.3 is 4.90 Å². The summed E-state index contributed by atoms with van der Waals surface area (Å²) in [5.74, 6) is 0. The number of hydrogen-bond donors (Lipinski definition) is 0. The number of nitro benzene ring substituents is 1. The monoisotopic (exact) mass is 348 g/mol. The van der Waals surface area contributed by atoms with E-state index in [9.17, 15) is 10.1 Å². The van der Waals surface area contributed by atoms with Crippen LogP contribution in [0.4, 0.5) is 11.4 Å². The summed E-state index contributed by atoms with van der Waals surface area (Å²) in [7, 11) is 0. The summed E-state index contributed by atoms with van der Waals surface area (Å²) in [5, 5.41) is 10.8. The molecule has 2 rings (SSSR count). The van der Waals surface area contributed by atoms with Crippen molar-refractivity contribution in [3.63, 3.8) is 0 Å². The first-order chi connectivity index (χ1) is 7.59. The third-order valence-electron chi connectivity index (χ3n) is 2.66. The summed E-state index contributed by atoms with van der Waals surface area (Å²) in [6, 6.07) is 3.63. The zero-order valence-corrected chi connectivity index (χ0v) is 11.6. The molecule has 1 fully saturated rings. The minimum Gasteiger partial charge on any atom is -0.371 e. The van der Waals surface area contributed by atoms with Crippen molar-refractivity contribution in [3.8, 4) is 0 Å². The van der Waals surface area contributed by atoms with E-state index >= 15 is 0 Å². The average molecular weight is 350 g/mol. The summed E-state index contributed by atoms with van der Waals surface area (Å²) in [5.41, 5.74) is 1.12. The average Bonchev–Trinajstić information content (AvgIpc) is 2.67. The molecule has 0 atom stereocenters. The third-order valence-corrected chi connectivity index (χ3v) is 3.86. The van der Waals surface area contributed by atoms with E-state index < -0.39 is 0 Å². The second-order valence-corrected chi connectivity index (χ2v) is 5.42. The van der Waals surface area contributed by atoms with Crippen LogP contribution in [0.25, 0.3) is 0 Å². The van der Waals surface area contributed by atoms with Crippen LogP contribution in [0, 0.1) is 10.1 Å². The van der Waals surface area contributed by atoms with Crippen LogP contribution in [0.15, 0.2) is 21.1 Å². The van der Waals surface area contributed by atoms with E-state index in [2.05, 4.69) is 36.8 Å². The maximum Gasteiger partial charge on any atom is 0.297 e. The van der Waals surface area contributed by atoms with Crippen LogP contribution in [0.1, 0.15) is 12.8 Å². The number of rotatable bonds is 2. The molecule has 0 spiro atoms. The molecular formula is C10H10Br2N2O2. The largest absolute Gasteiger partial charge is 0.371 e. The van der Waals surface area contributed by atoms with Crippen molar-refractivity contribution in [2.45, 2.75) is 12.8 Å². The van der Waals surface area contributed by atoms with E-state index in [1.165, 1.54) is 12.8 Å². The number of nitro groups is 1. The van der Waals surface area contributed by atoms with Crippen molar-refractivity contribution in [2.75, 3.05) is 18.0 Å². The van der Waals surface area contributed by atoms with Crippen LogP contribution in [0.2, 0.25) is 0 Å². The molecular weight excluding hydrogens is 340 g/mol. The van der Waals surface area contributed by atoms with Gasteiger partial charge in [0.1, 0.15) is 0 Å². The van der Waals surface area contributed by atoms with Crippen LogP contribution in [-0.4, -0.2) is 18.0 Å². The Morgan fingerprint density at radius 3 is 2.12 bits per heavy atom. The quantitative estimate of drug-likeness (QED) is 0.603. The van der Waals surface area contributed by atoms with Gasteiger partial charge in [-0.1, -0.05) is 0 Å². The van der Waals surface area contributed by atoms with Crippen molar-refractivity contribution in [1.29, 1.82) is 0 Å². The van der Waals surface area contributed by atoms with Crippen LogP contribution in [-0.2, 0) is 0 Å².